The number of phenolic OH excluding ortho intramolecular Hbond substituents is 1. The predicted molar refractivity (Wildman–Crippen MR) is 98.9 cm³/mol. The Labute approximate surface area is 152 Å². The van der Waals surface area contributed by atoms with Crippen molar-refractivity contribution in [2.75, 3.05) is 7.11 Å². The number of methoxy groups -OCH3 is 1. The highest BCUT2D eigenvalue weighted by molar-refractivity contribution is 6.11. The topological polar surface area (TPSA) is 76.0 Å². The lowest BCUT2D eigenvalue weighted by Gasteiger charge is -2.37. The Hall–Kier alpha value is -2.79. The Kier molecular flexibility index (Phi) is 4.74. The lowest BCUT2D eigenvalue weighted by Crippen LogP contribution is -2.46. The number of hydrogen-bond donors (Lipinski definition) is 2. The van der Waals surface area contributed by atoms with Crippen molar-refractivity contribution in [2.45, 2.75) is 32.0 Å². The number of aromatic hydroxyl groups is 1. The predicted octanol–water partition coefficient (Wildman–Crippen LogP) is 3.37. The molecule has 0 saturated carbocycles. The van der Waals surface area contributed by atoms with Crippen LogP contribution in [0.5, 0.6) is 17.2 Å². The summed E-state index contributed by atoms with van der Waals surface area (Å²) in [4.78, 5) is 12.7. The molecule has 1 atom stereocenters. The quantitative estimate of drug-likeness (QED) is 0.650. The average molecular weight is 354 g/mol. The van der Waals surface area contributed by atoms with Gasteiger partial charge in [0.25, 0.3) is 0 Å². The van der Waals surface area contributed by atoms with Gasteiger partial charge in [0.05, 0.1) is 13.2 Å². The molecule has 0 spiro atoms. The molecule has 0 saturated heterocycles. The van der Waals surface area contributed by atoms with Gasteiger partial charge in [-0.3, -0.25) is 4.79 Å². The maximum Gasteiger partial charge on any atom is 0.193 e. The van der Waals surface area contributed by atoms with E-state index in [0.29, 0.717) is 11.3 Å². The molecule has 0 aromatic heterocycles. The summed E-state index contributed by atoms with van der Waals surface area (Å²) in [7, 11) is 1.43. The number of carbonyl (C=O) groups is 1. The lowest BCUT2D eigenvalue weighted by molar-refractivity contribution is -0.0418. The third kappa shape index (κ3) is 3.30. The van der Waals surface area contributed by atoms with Crippen molar-refractivity contribution in [3.63, 3.8) is 0 Å². The van der Waals surface area contributed by atoms with Crippen molar-refractivity contribution in [1.29, 1.82) is 0 Å². The Morgan fingerprint density at radius 3 is 2.65 bits per heavy atom. The van der Waals surface area contributed by atoms with Crippen molar-refractivity contribution < 1.29 is 24.5 Å². The molecular weight excluding hydrogens is 332 g/mol. The highest BCUT2D eigenvalue weighted by Gasteiger charge is 2.38. The average Bonchev–Trinajstić information content (AvgIpc) is 2.62. The molecule has 0 fully saturated rings. The molecule has 2 N–H and O–H groups in total. The van der Waals surface area contributed by atoms with Crippen LogP contribution in [0.25, 0.3) is 6.08 Å². The van der Waals surface area contributed by atoms with Crippen LogP contribution < -0.4 is 9.47 Å². The smallest absolute Gasteiger partial charge is 0.193 e. The SMILES string of the molecule is COc1cc2c(c(O)c1C(=O)/C=C/c1ccccc1)C[C@H](O)C(C)(C)O2. The highest BCUT2D eigenvalue weighted by Crippen LogP contribution is 2.44. The Morgan fingerprint density at radius 1 is 1.31 bits per heavy atom. The van der Waals surface area contributed by atoms with Crippen molar-refractivity contribution >= 4 is 11.9 Å². The molecule has 1 aliphatic heterocycles. The lowest BCUT2D eigenvalue weighted by atomic mass is 9.89. The zero-order valence-electron chi connectivity index (χ0n) is 15.0. The number of rotatable bonds is 4. The number of aliphatic hydroxyl groups is 1. The molecule has 2 aromatic carbocycles. The number of aliphatic hydroxyl groups excluding tert-OH is 1. The Balaban J connectivity index is 2.01. The van der Waals surface area contributed by atoms with Crippen LogP contribution in [0.15, 0.2) is 42.5 Å². The molecule has 1 aliphatic rings. The van der Waals surface area contributed by atoms with Gasteiger partial charge in [0.1, 0.15) is 28.4 Å². The van der Waals surface area contributed by atoms with E-state index in [1.807, 2.05) is 30.3 Å². The van der Waals surface area contributed by atoms with E-state index in [1.54, 1.807) is 26.0 Å². The minimum atomic E-state index is -0.794. The summed E-state index contributed by atoms with van der Waals surface area (Å²) in [6.07, 6.45) is 2.47. The molecule has 0 radical (unpaired) electrons. The Bertz CT molecular complexity index is 852. The van der Waals surface area contributed by atoms with Crippen molar-refractivity contribution in [3.05, 3.63) is 59.2 Å². The standard InChI is InChI=1S/C21H22O5/c1-21(2)18(23)11-14-16(26-21)12-17(25-3)19(20(14)24)15(22)10-9-13-7-5-4-6-8-13/h4-10,12,18,23-24H,11H2,1-3H3/b10-9+/t18-/m0/s1. The van der Waals surface area contributed by atoms with Gasteiger partial charge < -0.3 is 19.7 Å². The number of carbonyl (C=O) groups excluding carboxylic acids is 1. The van der Waals surface area contributed by atoms with Crippen LogP contribution >= 0.6 is 0 Å². The molecular formula is C21H22O5. The molecule has 2 aromatic rings. The van der Waals surface area contributed by atoms with E-state index in [-0.39, 0.29) is 29.3 Å². The normalized spacial score (nSPS) is 18.2. The molecule has 26 heavy (non-hydrogen) atoms. The van der Waals surface area contributed by atoms with Crippen LogP contribution in [-0.2, 0) is 6.42 Å². The van der Waals surface area contributed by atoms with Crippen molar-refractivity contribution in [3.8, 4) is 17.2 Å². The summed E-state index contributed by atoms with van der Waals surface area (Å²) in [5, 5.41) is 20.9. The van der Waals surface area contributed by atoms with Crippen LogP contribution in [0.3, 0.4) is 0 Å². The number of phenols is 1. The zero-order valence-corrected chi connectivity index (χ0v) is 15.0. The van der Waals surface area contributed by atoms with Gasteiger partial charge in [-0.15, -0.1) is 0 Å². The van der Waals surface area contributed by atoms with Crippen LogP contribution in [0.4, 0.5) is 0 Å². The first-order valence-corrected chi connectivity index (χ1v) is 8.41. The van der Waals surface area contributed by atoms with E-state index in [0.717, 1.165) is 5.56 Å². The molecule has 3 rings (SSSR count). The van der Waals surface area contributed by atoms with E-state index in [9.17, 15) is 15.0 Å². The van der Waals surface area contributed by atoms with Crippen molar-refractivity contribution in [2.24, 2.45) is 0 Å². The number of fused-ring (bicyclic) bond motifs is 1. The summed E-state index contributed by atoms with van der Waals surface area (Å²) in [6.45, 7) is 3.54. The van der Waals surface area contributed by atoms with Gasteiger partial charge in [0.2, 0.25) is 0 Å². The maximum atomic E-state index is 12.7. The van der Waals surface area contributed by atoms with E-state index in [1.165, 1.54) is 13.2 Å². The van der Waals surface area contributed by atoms with Gasteiger partial charge >= 0.3 is 0 Å². The Morgan fingerprint density at radius 2 is 2.00 bits per heavy atom. The number of ether oxygens (including phenoxy) is 2. The second kappa shape index (κ2) is 6.84. The summed E-state index contributed by atoms with van der Waals surface area (Å²) in [6, 6.07) is 11.0. The van der Waals surface area contributed by atoms with Gasteiger partial charge in [-0.2, -0.15) is 0 Å². The van der Waals surface area contributed by atoms with Crippen molar-refractivity contribution in [1.82, 2.24) is 0 Å². The largest absolute Gasteiger partial charge is 0.507 e. The first-order chi connectivity index (χ1) is 12.3. The second-order valence-electron chi connectivity index (χ2n) is 6.81. The number of hydrogen-bond acceptors (Lipinski definition) is 5. The van der Waals surface area contributed by atoms with Gasteiger partial charge in [-0.25, -0.2) is 0 Å². The zero-order chi connectivity index (χ0) is 18.9. The number of ketones is 1. The van der Waals surface area contributed by atoms with Gasteiger partial charge in [0.15, 0.2) is 5.78 Å². The van der Waals surface area contributed by atoms with Gasteiger partial charge in [-0.1, -0.05) is 36.4 Å². The number of benzene rings is 2. The maximum absolute atomic E-state index is 12.7. The summed E-state index contributed by atoms with van der Waals surface area (Å²) < 4.78 is 11.1. The van der Waals surface area contributed by atoms with Crippen LogP contribution in [0.2, 0.25) is 0 Å². The fraction of sp³-hybridized carbons (Fsp3) is 0.286. The fourth-order valence-electron chi connectivity index (χ4n) is 2.96. The molecule has 0 aliphatic carbocycles. The summed E-state index contributed by atoms with van der Waals surface area (Å²) in [5.41, 5.74) is 0.559. The van der Waals surface area contributed by atoms with Crippen LogP contribution in [0.1, 0.15) is 35.3 Å². The molecule has 5 heteroatoms. The van der Waals surface area contributed by atoms with E-state index >= 15 is 0 Å². The molecule has 136 valence electrons. The van der Waals surface area contributed by atoms with E-state index in [4.69, 9.17) is 9.47 Å². The minimum absolute atomic E-state index is 0.0638. The molecule has 0 unspecified atom stereocenters. The highest BCUT2D eigenvalue weighted by atomic mass is 16.5. The first kappa shape index (κ1) is 18.0. The molecule has 1 heterocycles. The fourth-order valence-corrected chi connectivity index (χ4v) is 2.96. The van der Waals surface area contributed by atoms with Gasteiger partial charge in [0, 0.05) is 18.1 Å². The minimum Gasteiger partial charge on any atom is -0.507 e. The van der Waals surface area contributed by atoms with Gasteiger partial charge in [-0.05, 0) is 25.5 Å². The molecule has 0 amide bonds. The third-order valence-corrected chi connectivity index (χ3v) is 4.59. The van der Waals surface area contributed by atoms with E-state index < -0.39 is 11.7 Å². The second-order valence-corrected chi connectivity index (χ2v) is 6.81. The van der Waals surface area contributed by atoms with E-state index in [2.05, 4.69) is 0 Å². The third-order valence-electron chi connectivity index (χ3n) is 4.59. The summed E-state index contributed by atoms with van der Waals surface area (Å²) in [5.74, 6) is 0.0522. The first-order valence-electron chi connectivity index (χ1n) is 8.41. The molecule has 5 nitrogen and oxygen atoms in total. The number of allylic oxidation sites excluding steroid dienone is 1. The summed E-state index contributed by atoms with van der Waals surface area (Å²) >= 11 is 0. The monoisotopic (exact) mass is 354 g/mol. The van der Waals surface area contributed by atoms with Crippen LogP contribution in [-0.4, -0.2) is 34.8 Å². The molecule has 0 bridgehead atoms. The van der Waals surface area contributed by atoms with Crippen LogP contribution in [0, 0.1) is 0 Å².